The molecule has 2 rings (SSSR count). The zero-order valence-corrected chi connectivity index (χ0v) is 10.5. The minimum atomic E-state index is 0.278. The van der Waals surface area contributed by atoms with E-state index in [0.29, 0.717) is 4.88 Å². The van der Waals surface area contributed by atoms with E-state index in [1.807, 2.05) is 30.3 Å². The Kier molecular flexibility index (Phi) is 3.06. The lowest BCUT2D eigenvalue weighted by Gasteiger charge is -1.94. The summed E-state index contributed by atoms with van der Waals surface area (Å²) in [4.78, 5) is 4.58. The number of hydrogen-bond donors (Lipinski definition) is 0. The van der Waals surface area contributed by atoms with Crippen LogP contribution in [0.15, 0.2) is 28.7 Å². The number of nitrogens with zero attached hydrogens (tertiary/aromatic N) is 2. The molecule has 1 aromatic heterocycles. The van der Waals surface area contributed by atoms with Gasteiger partial charge in [-0.3, -0.25) is 0 Å². The van der Waals surface area contributed by atoms with Crippen LogP contribution in [-0.4, -0.2) is 4.98 Å². The van der Waals surface area contributed by atoms with Gasteiger partial charge in [0, 0.05) is 10.0 Å². The minimum Gasteiger partial charge on any atom is -0.223 e. The van der Waals surface area contributed by atoms with E-state index in [-0.39, 0.29) is 5.15 Å². The summed E-state index contributed by atoms with van der Waals surface area (Å²) >= 11 is 10.4. The Hall–Kier alpha value is -0.890. The molecular formula is C10H4BrClN2S. The maximum absolute atomic E-state index is 8.75. The highest BCUT2D eigenvalue weighted by atomic mass is 79.9. The van der Waals surface area contributed by atoms with Gasteiger partial charge in [-0.05, 0) is 12.1 Å². The molecule has 2 aromatic rings. The summed E-state index contributed by atoms with van der Waals surface area (Å²) in [6.07, 6.45) is 0. The molecule has 15 heavy (non-hydrogen) atoms. The van der Waals surface area contributed by atoms with E-state index >= 15 is 0 Å². The lowest BCUT2D eigenvalue weighted by molar-refractivity contribution is 1.39. The molecule has 0 aliphatic rings. The van der Waals surface area contributed by atoms with Crippen LogP contribution in [0.5, 0.6) is 0 Å². The Bertz CT molecular complexity index is 527. The van der Waals surface area contributed by atoms with E-state index in [2.05, 4.69) is 20.9 Å². The first-order chi connectivity index (χ1) is 7.20. The second kappa shape index (κ2) is 4.31. The van der Waals surface area contributed by atoms with E-state index < -0.39 is 0 Å². The lowest BCUT2D eigenvalue weighted by atomic mass is 10.2. The number of aromatic nitrogens is 1. The Labute approximate surface area is 104 Å². The molecule has 0 atom stereocenters. The molecule has 1 heterocycles. The van der Waals surface area contributed by atoms with Gasteiger partial charge in [0.2, 0.25) is 0 Å². The fourth-order valence-corrected chi connectivity index (χ4v) is 2.40. The fraction of sp³-hybridized carbons (Fsp3) is 0. The van der Waals surface area contributed by atoms with Crippen molar-refractivity contribution in [2.24, 2.45) is 0 Å². The molecule has 0 fully saturated rings. The molecule has 0 spiro atoms. The topological polar surface area (TPSA) is 36.7 Å². The van der Waals surface area contributed by atoms with Gasteiger partial charge in [0.25, 0.3) is 0 Å². The smallest absolute Gasteiger partial charge is 0.158 e. The summed E-state index contributed by atoms with van der Waals surface area (Å²) in [5.74, 6) is 0. The van der Waals surface area contributed by atoms with Gasteiger partial charge >= 0.3 is 0 Å². The van der Waals surface area contributed by atoms with Gasteiger partial charge in [-0.15, -0.1) is 11.3 Å². The molecule has 74 valence electrons. The largest absolute Gasteiger partial charge is 0.223 e. The molecular weight excluding hydrogens is 296 g/mol. The van der Waals surface area contributed by atoms with Gasteiger partial charge in [-0.25, -0.2) is 4.98 Å². The van der Waals surface area contributed by atoms with Crippen LogP contribution < -0.4 is 0 Å². The lowest BCUT2D eigenvalue weighted by Crippen LogP contribution is -1.74. The summed E-state index contributed by atoms with van der Waals surface area (Å²) in [7, 11) is 0. The predicted octanol–water partition coefficient (Wildman–Crippen LogP) is 4.10. The fourth-order valence-electron chi connectivity index (χ4n) is 1.09. The Morgan fingerprint density at radius 3 is 2.53 bits per heavy atom. The van der Waals surface area contributed by atoms with E-state index in [1.54, 1.807) is 0 Å². The molecule has 0 aliphatic heterocycles. The molecule has 1 aromatic carbocycles. The molecule has 0 bridgehead atoms. The number of nitriles is 1. The first-order valence-electron chi connectivity index (χ1n) is 4.03. The van der Waals surface area contributed by atoms with Crippen LogP contribution in [0.4, 0.5) is 0 Å². The summed E-state index contributed by atoms with van der Waals surface area (Å²) in [5, 5.41) is 9.80. The van der Waals surface area contributed by atoms with Gasteiger partial charge in [0.1, 0.15) is 16.0 Å². The standard InChI is InChI=1S/C10H4BrClN2S/c11-7-3-1-6(2-4-7)10-14-9(12)8(5-13)15-10/h1-4H. The zero-order valence-electron chi connectivity index (χ0n) is 7.37. The Balaban J connectivity index is 2.46. The van der Waals surface area contributed by atoms with Crippen LogP contribution >= 0.6 is 38.9 Å². The summed E-state index contributed by atoms with van der Waals surface area (Å²) in [6, 6.07) is 9.73. The van der Waals surface area contributed by atoms with Crippen molar-refractivity contribution in [3.63, 3.8) is 0 Å². The normalized spacial score (nSPS) is 9.93. The SMILES string of the molecule is N#Cc1sc(-c2ccc(Br)cc2)nc1Cl. The predicted molar refractivity (Wildman–Crippen MR) is 65.0 cm³/mol. The van der Waals surface area contributed by atoms with Crippen molar-refractivity contribution in [1.82, 2.24) is 4.98 Å². The molecule has 0 aliphatic carbocycles. The van der Waals surface area contributed by atoms with Crippen LogP contribution in [0, 0.1) is 11.3 Å². The number of halogens is 2. The van der Waals surface area contributed by atoms with Crippen LogP contribution in [0.2, 0.25) is 5.15 Å². The quantitative estimate of drug-likeness (QED) is 0.795. The highest BCUT2D eigenvalue weighted by Gasteiger charge is 2.09. The van der Waals surface area contributed by atoms with Crippen LogP contribution in [0.1, 0.15) is 4.88 Å². The van der Waals surface area contributed by atoms with Crippen molar-refractivity contribution in [3.8, 4) is 16.6 Å². The van der Waals surface area contributed by atoms with Crippen molar-refractivity contribution >= 4 is 38.9 Å². The van der Waals surface area contributed by atoms with E-state index in [9.17, 15) is 0 Å². The molecule has 0 N–H and O–H groups in total. The Morgan fingerprint density at radius 2 is 2.00 bits per heavy atom. The third kappa shape index (κ3) is 2.20. The maximum Gasteiger partial charge on any atom is 0.158 e. The second-order valence-corrected chi connectivity index (χ2v) is 5.03. The van der Waals surface area contributed by atoms with Gasteiger partial charge in [-0.1, -0.05) is 39.7 Å². The highest BCUT2D eigenvalue weighted by molar-refractivity contribution is 9.10. The third-order valence-electron chi connectivity index (χ3n) is 1.78. The van der Waals surface area contributed by atoms with E-state index in [4.69, 9.17) is 16.9 Å². The molecule has 0 unspecified atom stereocenters. The maximum atomic E-state index is 8.75. The van der Waals surface area contributed by atoms with Gasteiger partial charge in [0.05, 0.1) is 0 Å². The van der Waals surface area contributed by atoms with E-state index in [1.165, 1.54) is 11.3 Å². The number of rotatable bonds is 1. The summed E-state index contributed by atoms with van der Waals surface area (Å²) in [6.45, 7) is 0. The van der Waals surface area contributed by atoms with Crippen molar-refractivity contribution < 1.29 is 0 Å². The number of hydrogen-bond acceptors (Lipinski definition) is 3. The average Bonchev–Trinajstić information content (AvgIpc) is 2.61. The first-order valence-corrected chi connectivity index (χ1v) is 6.02. The van der Waals surface area contributed by atoms with Crippen molar-refractivity contribution in [2.45, 2.75) is 0 Å². The van der Waals surface area contributed by atoms with Crippen molar-refractivity contribution in [3.05, 3.63) is 38.8 Å². The highest BCUT2D eigenvalue weighted by Crippen LogP contribution is 2.30. The molecule has 5 heteroatoms. The summed E-state index contributed by atoms with van der Waals surface area (Å²) in [5.41, 5.74) is 0.964. The zero-order chi connectivity index (χ0) is 10.8. The minimum absolute atomic E-state index is 0.278. The molecule has 0 saturated carbocycles. The molecule has 0 radical (unpaired) electrons. The van der Waals surface area contributed by atoms with Crippen molar-refractivity contribution in [1.29, 1.82) is 5.26 Å². The van der Waals surface area contributed by atoms with Crippen LogP contribution in [0.3, 0.4) is 0 Å². The third-order valence-corrected chi connectivity index (χ3v) is 3.70. The number of thiazole rings is 1. The second-order valence-electron chi connectivity index (χ2n) is 2.76. The number of benzene rings is 1. The van der Waals surface area contributed by atoms with Gasteiger partial charge < -0.3 is 0 Å². The Morgan fingerprint density at radius 1 is 1.33 bits per heavy atom. The van der Waals surface area contributed by atoms with Crippen LogP contribution in [0.25, 0.3) is 10.6 Å². The van der Waals surface area contributed by atoms with Crippen LogP contribution in [-0.2, 0) is 0 Å². The van der Waals surface area contributed by atoms with E-state index in [0.717, 1.165) is 15.0 Å². The van der Waals surface area contributed by atoms with Crippen molar-refractivity contribution in [2.75, 3.05) is 0 Å². The van der Waals surface area contributed by atoms with Gasteiger partial charge in [-0.2, -0.15) is 5.26 Å². The first kappa shape index (κ1) is 10.6. The molecule has 2 nitrogen and oxygen atoms in total. The van der Waals surface area contributed by atoms with Gasteiger partial charge in [0.15, 0.2) is 5.15 Å². The molecule has 0 amide bonds. The molecule has 0 saturated heterocycles. The summed E-state index contributed by atoms with van der Waals surface area (Å²) < 4.78 is 1.01. The average molecular weight is 300 g/mol. The monoisotopic (exact) mass is 298 g/mol.